The summed E-state index contributed by atoms with van der Waals surface area (Å²) in [5.74, 6) is -0.0337. The fourth-order valence-corrected chi connectivity index (χ4v) is 3.93. The van der Waals surface area contributed by atoms with Crippen LogP contribution in [0.3, 0.4) is 0 Å². The Kier molecular flexibility index (Phi) is 4.85. The maximum absolute atomic E-state index is 13.1. The van der Waals surface area contributed by atoms with Gasteiger partial charge in [0.1, 0.15) is 6.54 Å². The largest absolute Gasteiger partial charge is 0.337 e. The molecule has 3 aromatic rings. The Hall–Kier alpha value is -3.40. The molecule has 3 heterocycles. The summed E-state index contributed by atoms with van der Waals surface area (Å²) < 4.78 is 6.28. The molecule has 9 nitrogen and oxygen atoms in total. The molecule has 31 heavy (non-hydrogen) atoms. The normalized spacial score (nSPS) is 20.1. The van der Waals surface area contributed by atoms with Crippen LogP contribution in [0.2, 0.25) is 0 Å². The molecule has 0 saturated carbocycles. The Morgan fingerprint density at radius 1 is 1.03 bits per heavy atom. The summed E-state index contributed by atoms with van der Waals surface area (Å²) in [6, 6.07) is 13.2. The van der Waals surface area contributed by atoms with Crippen LogP contribution in [0.1, 0.15) is 18.4 Å². The average molecular weight is 481 g/mol. The summed E-state index contributed by atoms with van der Waals surface area (Å²) in [6.45, 7) is 2.12. The van der Waals surface area contributed by atoms with E-state index in [9.17, 15) is 9.59 Å². The summed E-state index contributed by atoms with van der Waals surface area (Å²) in [5.41, 5.74) is 2.46. The van der Waals surface area contributed by atoms with Gasteiger partial charge < -0.3 is 4.52 Å². The molecule has 2 atom stereocenters. The summed E-state index contributed by atoms with van der Waals surface area (Å²) in [4.78, 5) is 31.5. The Morgan fingerprint density at radius 3 is 2.48 bits per heavy atom. The molecule has 0 aliphatic carbocycles. The van der Waals surface area contributed by atoms with Gasteiger partial charge in [0.15, 0.2) is 12.1 Å². The number of benzene rings is 2. The maximum Gasteiger partial charge on any atom is 0.263 e. The van der Waals surface area contributed by atoms with Gasteiger partial charge in [-0.1, -0.05) is 45.4 Å². The molecule has 0 radical (unpaired) electrons. The lowest BCUT2D eigenvalue weighted by Crippen LogP contribution is -2.39. The first-order valence-electron chi connectivity index (χ1n) is 9.78. The van der Waals surface area contributed by atoms with Crippen molar-refractivity contribution >= 4 is 33.4 Å². The Bertz CT molecular complexity index is 1170. The standard InChI is InChI=1S/C21H17BrN6O3/c1-2-12-3-9-15(10-4-12)28-20(29)17-18(21(28)30)27(26-24-17)11-16-23-19(25-31-16)13-5-7-14(22)8-6-13/h3-10,17-18H,2,11H2,1H3/t17-,18-/m1/s1. The molecule has 0 bridgehead atoms. The molecule has 2 amide bonds. The van der Waals surface area contributed by atoms with Gasteiger partial charge in [-0.05, 0) is 48.4 Å². The first-order valence-corrected chi connectivity index (χ1v) is 10.6. The molecule has 1 aromatic heterocycles. The SMILES string of the molecule is CCc1ccc(N2C(=O)[C@@H]3N=NN(Cc4nc(-c5ccc(Br)cc5)no4)[C@H]3C2=O)cc1. The maximum atomic E-state index is 13.1. The van der Waals surface area contributed by atoms with E-state index in [4.69, 9.17) is 4.52 Å². The molecule has 0 spiro atoms. The Morgan fingerprint density at radius 2 is 1.77 bits per heavy atom. The fourth-order valence-electron chi connectivity index (χ4n) is 3.66. The number of amides is 2. The zero-order valence-electron chi connectivity index (χ0n) is 16.5. The van der Waals surface area contributed by atoms with E-state index >= 15 is 0 Å². The average Bonchev–Trinajstić information content (AvgIpc) is 3.47. The lowest BCUT2D eigenvalue weighted by atomic mass is 10.1. The third kappa shape index (κ3) is 3.42. The first kappa shape index (κ1) is 19.6. The molecular weight excluding hydrogens is 464 g/mol. The third-order valence-corrected chi connectivity index (χ3v) is 5.86. The van der Waals surface area contributed by atoms with Crippen molar-refractivity contribution in [1.82, 2.24) is 15.1 Å². The lowest BCUT2D eigenvalue weighted by molar-refractivity contribution is -0.123. The molecule has 1 saturated heterocycles. The monoisotopic (exact) mass is 480 g/mol. The van der Waals surface area contributed by atoms with Gasteiger partial charge in [-0.2, -0.15) is 10.1 Å². The minimum Gasteiger partial charge on any atom is -0.337 e. The van der Waals surface area contributed by atoms with E-state index < -0.39 is 12.1 Å². The molecule has 2 aliphatic rings. The summed E-state index contributed by atoms with van der Waals surface area (Å²) in [6.07, 6.45) is 0.877. The van der Waals surface area contributed by atoms with Crippen LogP contribution < -0.4 is 4.90 Å². The van der Waals surface area contributed by atoms with Gasteiger partial charge in [0.05, 0.1) is 5.69 Å². The highest BCUT2D eigenvalue weighted by Gasteiger charge is 2.55. The Balaban J connectivity index is 1.34. The number of rotatable bonds is 5. The highest BCUT2D eigenvalue weighted by atomic mass is 79.9. The van der Waals surface area contributed by atoms with Gasteiger partial charge in [0, 0.05) is 10.0 Å². The second kappa shape index (κ2) is 7.69. The molecule has 5 rings (SSSR count). The van der Waals surface area contributed by atoms with Crippen LogP contribution in [-0.4, -0.2) is 39.0 Å². The van der Waals surface area contributed by atoms with Crippen molar-refractivity contribution in [2.75, 3.05) is 4.90 Å². The van der Waals surface area contributed by atoms with E-state index in [0.717, 1.165) is 22.0 Å². The molecule has 2 aliphatic heterocycles. The molecule has 1 fully saturated rings. The second-order valence-corrected chi connectivity index (χ2v) is 8.16. The number of nitrogens with zero attached hydrogens (tertiary/aromatic N) is 6. The van der Waals surface area contributed by atoms with E-state index in [2.05, 4.69) is 36.4 Å². The predicted octanol–water partition coefficient (Wildman–Crippen LogP) is 3.55. The van der Waals surface area contributed by atoms with E-state index in [0.29, 0.717) is 11.5 Å². The van der Waals surface area contributed by atoms with E-state index in [1.807, 2.05) is 43.3 Å². The predicted molar refractivity (Wildman–Crippen MR) is 114 cm³/mol. The van der Waals surface area contributed by atoms with Crippen LogP contribution in [0.4, 0.5) is 5.69 Å². The molecule has 2 aromatic carbocycles. The smallest absolute Gasteiger partial charge is 0.263 e. The minimum absolute atomic E-state index is 0.0792. The summed E-state index contributed by atoms with van der Waals surface area (Å²) in [5, 5.41) is 13.5. The first-order chi connectivity index (χ1) is 15.0. The molecule has 156 valence electrons. The summed E-state index contributed by atoms with van der Waals surface area (Å²) in [7, 11) is 0. The zero-order chi connectivity index (χ0) is 21.5. The molecule has 0 unspecified atom stereocenters. The molecule has 10 heteroatoms. The van der Waals surface area contributed by atoms with Crippen molar-refractivity contribution in [3.8, 4) is 11.4 Å². The Labute approximate surface area is 185 Å². The van der Waals surface area contributed by atoms with Crippen molar-refractivity contribution < 1.29 is 14.1 Å². The number of aromatic nitrogens is 2. The number of aryl methyl sites for hydroxylation is 1. The van der Waals surface area contributed by atoms with Crippen molar-refractivity contribution in [1.29, 1.82) is 0 Å². The van der Waals surface area contributed by atoms with Crippen LogP contribution in [0, 0.1) is 0 Å². The van der Waals surface area contributed by atoms with Crippen LogP contribution >= 0.6 is 15.9 Å². The zero-order valence-corrected chi connectivity index (χ0v) is 18.1. The van der Waals surface area contributed by atoms with Gasteiger partial charge in [0.2, 0.25) is 11.7 Å². The van der Waals surface area contributed by atoms with Crippen molar-refractivity contribution in [2.45, 2.75) is 32.0 Å². The van der Waals surface area contributed by atoms with Crippen LogP contribution in [-0.2, 0) is 22.6 Å². The number of imide groups is 1. The number of carbonyl (C=O) groups is 2. The van der Waals surface area contributed by atoms with Gasteiger partial charge in [-0.25, -0.2) is 4.90 Å². The van der Waals surface area contributed by atoms with Gasteiger partial charge in [-0.15, -0.1) is 0 Å². The number of fused-ring (bicyclic) bond motifs is 1. The van der Waals surface area contributed by atoms with Crippen molar-refractivity contribution in [3.63, 3.8) is 0 Å². The minimum atomic E-state index is -0.868. The number of halogens is 1. The third-order valence-electron chi connectivity index (χ3n) is 5.33. The topological polar surface area (TPSA) is 104 Å². The van der Waals surface area contributed by atoms with Crippen molar-refractivity contribution in [2.24, 2.45) is 10.3 Å². The summed E-state index contributed by atoms with van der Waals surface area (Å²) >= 11 is 3.39. The number of hydrogen-bond donors (Lipinski definition) is 0. The highest BCUT2D eigenvalue weighted by Crippen LogP contribution is 2.33. The van der Waals surface area contributed by atoms with Gasteiger partial charge in [-0.3, -0.25) is 14.6 Å². The lowest BCUT2D eigenvalue weighted by Gasteiger charge is -2.19. The van der Waals surface area contributed by atoms with Gasteiger partial charge in [0.25, 0.3) is 11.8 Å². The number of hydrogen-bond acceptors (Lipinski definition) is 8. The van der Waals surface area contributed by atoms with E-state index in [1.54, 1.807) is 12.1 Å². The number of anilines is 1. The molecular formula is C21H17BrN6O3. The fraction of sp³-hybridized carbons (Fsp3) is 0.238. The highest BCUT2D eigenvalue weighted by molar-refractivity contribution is 9.10. The van der Waals surface area contributed by atoms with E-state index in [-0.39, 0.29) is 24.2 Å². The van der Waals surface area contributed by atoms with E-state index in [1.165, 1.54) is 9.91 Å². The van der Waals surface area contributed by atoms with Crippen LogP contribution in [0.25, 0.3) is 11.4 Å². The molecule has 0 N–H and O–H groups in total. The van der Waals surface area contributed by atoms with Crippen LogP contribution in [0.5, 0.6) is 0 Å². The van der Waals surface area contributed by atoms with Crippen LogP contribution in [0.15, 0.2) is 67.9 Å². The quantitative estimate of drug-likeness (QED) is 0.517. The van der Waals surface area contributed by atoms with Gasteiger partial charge >= 0.3 is 0 Å². The second-order valence-electron chi connectivity index (χ2n) is 7.24. The number of carbonyl (C=O) groups excluding carboxylic acids is 2. The van der Waals surface area contributed by atoms with Crippen molar-refractivity contribution in [3.05, 3.63) is 64.5 Å².